The number of benzene rings is 2. The van der Waals surface area contributed by atoms with Crippen LogP contribution in [0.4, 0.5) is 15.8 Å². The number of nitrogens with zero attached hydrogens (tertiary/aromatic N) is 1. The van der Waals surface area contributed by atoms with Crippen molar-refractivity contribution in [3.05, 3.63) is 69.5 Å². The fourth-order valence-electron chi connectivity index (χ4n) is 2.81. The molecule has 0 bridgehead atoms. The molecule has 0 aliphatic carbocycles. The highest BCUT2D eigenvalue weighted by molar-refractivity contribution is 6.01. The van der Waals surface area contributed by atoms with Crippen molar-refractivity contribution in [1.82, 2.24) is 5.32 Å². The lowest BCUT2D eigenvalue weighted by molar-refractivity contribution is -0.384. The van der Waals surface area contributed by atoms with Gasteiger partial charge < -0.3 is 10.6 Å². The fourth-order valence-corrected chi connectivity index (χ4v) is 2.81. The number of hydrogen-bond acceptors (Lipinski definition) is 4. The summed E-state index contributed by atoms with van der Waals surface area (Å²) < 4.78 is 14.0. The molecule has 2 amide bonds. The smallest absolute Gasteiger partial charge is 0.271 e. The Morgan fingerprint density at radius 1 is 1.07 bits per heavy atom. The highest BCUT2D eigenvalue weighted by Gasteiger charge is 2.26. The predicted octanol–water partition coefficient (Wildman–Crippen LogP) is 4.42. The molecule has 0 saturated heterocycles. The van der Waals surface area contributed by atoms with E-state index in [1.807, 2.05) is 12.1 Å². The monoisotopic (exact) mass is 415 g/mol. The topological polar surface area (TPSA) is 101 Å². The standard InChI is InChI=1S/C22H26FN3O4/c1-13(2)19(21(28)24-18-12-16(26(29)30)10-11-17(18)23)25-20(27)14-6-8-15(9-7-14)22(3,4)5/h6-13,19H,1-5H3,(H,24,28)(H,25,27)/t19-/m0/s1. The number of nitro groups is 1. The molecule has 1 atom stereocenters. The highest BCUT2D eigenvalue weighted by atomic mass is 19.1. The summed E-state index contributed by atoms with van der Waals surface area (Å²) in [7, 11) is 0. The first kappa shape index (κ1) is 23.0. The molecule has 0 saturated carbocycles. The molecule has 2 N–H and O–H groups in total. The molecule has 0 aliphatic heterocycles. The average molecular weight is 415 g/mol. The molecule has 30 heavy (non-hydrogen) atoms. The quantitative estimate of drug-likeness (QED) is 0.538. The van der Waals surface area contributed by atoms with Crippen LogP contribution in [0.2, 0.25) is 0 Å². The minimum absolute atomic E-state index is 0.0578. The van der Waals surface area contributed by atoms with Gasteiger partial charge in [-0.15, -0.1) is 0 Å². The van der Waals surface area contributed by atoms with Gasteiger partial charge in [0.15, 0.2) is 0 Å². The molecule has 0 unspecified atom stereocenters. The Labute approximate surface area is 174 Å². The zero-order chi connectivity index (χ0) is 22.6. The normalized spacial score (nSPS) is 12.4. The first-order valence-electron chi connectivity index (χ1n) is 9.56. The van der Waals surface area contributed by atoms with E-state index in [4.69, 9.17) is 0 Å². The van der Waals surface area contributed by atoms with Gasteiger partial charge in [-0.1, -0.05) is 46.8 Å². The van der Waals surface area contributed by atoms with Crippen LogP contribution >= 0.6 is 0 Å². The highest BCUT2D eigenvalue weighted by Crippen LogP contribution is 2.23. The second-order valence-corrected chi connectivity index (χ2v) is 8.43. The van der Waals surface area contributed by atoms with Gasteiger partial charge in [0.05, 0.1) is 10.6 Å². The fraction of sp³-hybridized carbons (Fsp3) is 0.364. The van der Waals surface area contributed by atoms with Gasteiger partial charge in [-0.3, -0.25) is 19.7 Å². The minimum atomic E-state index is -0.960. The van der Waals surface area contributed by atoms with Gasteiger partial charge in [0, 0.05) is 17.7 Å². The Morgan fingerprint density at radius 3 is 2.17 bits per heavy atom. The maximum Gasteiger partial charge on any atom is 0.271 e. The second-order valence-electron chi connectivity index (χ2n) is 8.43. The molecular weight excluding hydrogens is 389 g/mol. The maximum atomic E-state index is 14.0. The summed E-state index contributed by atoms with van der Waals surface area (Å²) in [6, 6.07) is 8.99. The van der Waals surface area contributed by atoms with Gasteiger partial charge >= 0.3 is 0 Å². The van der Waals surface area contributed by atoms with Crippen molar-refractivity contribution in [2.24, 2.45) is 5.92 Å². The number of hydrogen-bond donors (Lipinski definition) is 2. The molecule has 2 aromatic carbocycles. The van der Waals surface area contributed by atoms with Crippen molar-refractivity contribution in [2.75, 3.05) is 5.32 Å². The molecule has 0 aromatic heterocycles. The summed E-state index contributed by atoms with van der Waals surface area (Å²) in [6.07, 6.45) is 0. The van der Waals surface area contributed by atoms with Gasteiger partial charge in [-0.05, 0) is 35.1 Å². The Bertz CT molecular complexity index is 950. The van der Waals surface area contributed by atoms with Crippen molar-refractivity contribution in [3.63, 3.8) is 0 Å². The SMILES string of the molecule is CC(C)[C@H](NC(=O)c1ccc(C(C)(C)C)cc1)C(=O)Nc1cc([N+](=O)[O-])ccc1F. The van der Waals surface area contributed by atoms with E-state index >= 15 is 0 Å². The van der Waals surface area contributed by atoms with E-state index < -0.39 is 28.6 Å². The third kappa shape index (κ3) is 5.62. The van der Waals surface area contributed by atoms with E-state index in [9.17, 15) is 24.1 Å². The Hall–Kier alpha value is -3.29. The van der Waals surface area contributed by atoms with Crippen LogP contribution in [0.5, 0.6) is 0 Å². The summed E-state index contributed by atoms with van der Waals surface area (Å²) in [5.41, 5.74) is 0.735. The van der Waals surface area contributed by atoms with Crippen LogP contribution in [0.15, 0.2) is 42.5 Å². The molecule has 8 heteroatoms. The van der Waals surface area contributed by atoms with Gasteiger partial charge in [0.1, 0.15) is 11.9 Å². The van der Waals surface area contributed by atoms with E-state index in [1.165, 1.54) is 0 Å². The molecule has 0 fully saturated rings. The molecule has 160 valence electrons. The van der Waals surface area contributed by atoms with Crippen LogP contribution in [0.25, 0.3) is 0 Å². The third-order valence-electron chi connectivity index (χ3n) is 4.67. The molecular formula is C22H26FN3O4. The van der Waals surface area contributed by atoms with E-state index in [0.717, 1.165) is 23.8 Å². The summed E-state index contributed by atoms with van der Waals surface area (Å²) in [5.74, 6) is -2.21. The zero-order valence-corrected chi connectivity index (χ0v) is 17.7. The van der Waals surface area contributed by atoms with Crippen LogP contribution in [0.1, 0.15) is 50.5 Å². The van der Waals surface area contributed by atoms with Gasteiger partial charge in [0.25, 0.3) is 11.6 Å². The summed E-state index contributed by atoms with van der Waals surface area (Å²) >= 11 is 0. The van der Waals surface area contributed by atoms with Crippen molar-refractivity contribution >= 4 is 23.2 Å². The van der Waals surface area contributed by atoms with Crippen LogP contribution in [-0.4, -0.2) is 22.8 Å². The number of carbonyl (C=O) groups excluding carboxylic acids is 2. The largest absolute Gasteiger partial charge is 0.340 e. The minimum Gasteiger partial charge on any atom is -0.340 e. The lowest BCUT2D eigenvalue weighted by Gasteiger charge is -2.22. The Balaban J connectivity index is 2.17. The van der Waals surface area contributed by atoms with Crippen LogP contribution in [0.3, 0.4) is 0 Å². The van der Waals surface area contributed by atoms with Gasteiger partial charge in [-0.25, -0.2) is 4.39 Å². The van der Waals surface area contributed by atoms with Crippen molar-refractivity contribution < 1.29 is 18.9 Å². The number of anilines is 1. The van der Waals surface area contributed by atoms with E-state index in [0.29, 0.717) is 5.56 Å². The van der Waals surface area contributed by atoms with Gasteiger partial charge in [-0.2, -0.15) is 0 Å². The number of nitrogens with one attached hydrogen (secondary N) is 2. The molecule has 0 heterocycles. The molecule has 2 aromatic rings. The number of amides is 2. The lowest BCUT2D eigenvalue weighted by atomic mass is 9.86. The van der Waals surface area contributed by atoms with Crippen molar-refractivity contribution in [3.8, 4) is 0 Å². The van der Waals surface area contributed by atoms with Crippen molar-refractivity contribution in [2.45, 2.75) is 46.1 Å². The molecule has 0 radical (unpaired) electrons. The van der Waals surface area contributed by atoms with Crippen LogP contribution in [0, 0.1) is 21.8 Å². The van der Waals surface area contributed by atoms with Crippen molar-refractivity contribution in [1.29, 1.82) is 0 Å². The number of halogens is 1. The number of non-ortho nitro benzene ring substituents is 1. The van der Waals surface area contributed by atoms with Gasteiger partial charge in [0.2, 0.25) is 5.91 Å². The molecule has 2 rings (SSSR count). The lowest BCUT2D eigenvalue weighted by Crippen LogP contribution is -2.47. The Kier molecular flexibility index (Phi) is 6.92. The van der Waals surface area contributed by atoms with E-state index in [1.54, 1.807) is 26.0 Å². The average Bonchev–Trinajstić information content (AvgIpc) is 2.66. The first-order chi connectivity index (χ1) is 13.9. The predicted molar refractivity (Wildman–Crippen MR) is 113 cm³/mol. The second kappa shape index (κ2) is 9.02. The van der Waals surface area contributed by atoms with E-state index in [-0.39, 0.29) is 22.7 Å². The van der Waals surface area contributed by atoms with Crippen LogP contribution < -0.4 is 10.6 Å². The van der Waals surface area contributed by atoms with Crippen LogP contribution in [-0.2, 0) is 10.2 Å². The number of nitro benzene ring substituents is 1. The summed E-state index contributed by atoms with van der Waals surface area (Å²) in [6.45, 7) is 9.66. The maximum absolute atomic E-state index is 14.0. The third-order valence-corrected chi connectivity index (χ3v) is 4.67. The zero-order valence-electron chi connectivity index (χ0n) is 17.7. The Morgan fingerprint density at radius 2 is 1.67 bits per heavy atom. The number of carbonyl (C=O) groups is 2. The number of rotatable bonds is 6. The first-order valence-corrected chi connectivity index (χ1v) is 9.56. The molecule has 0 spiro atoms. The van der Waals surface area contributed by atoms with E-state index in [2.05, 4.69) is 31.4 Å². The summed E-state index contributed by atoms with van der Waals surface area (Å²) in [4.78, 5) is 35.5. The molecule has 7 nitrogen and oxygen atoms in total. The molecule has 0 aliphatic rings. The summed E-state index contributed by atoms with van der Waals surface area (Å²) in [5, 5.41) is 15.9.